The minimum Gasteiger partial charge on any atom is -0.469 e. The molecule has 5 rings (SSSR count). The Bertz CT molecular complexity index is 1500. The molecule has 0 atom stereocenters. The van der Waals surface area contributed by atoms with Gasteiger partial charge in [-0.15, -0.1) is 0 Å². The molecule has 0 spiro atoms. The molecule has 0 bridgehead atoms. The molecule has 3 heterocycles. The molecular weight excluding hydrogens is 598 g/mol. The largest absolute Gasteiger partial charge is 0.469 e. The molecule has 1 aliphatic carbocycles. The highest BCUT2D eigenvalue weighted by atomic mass is 79.9. The molecule has 9 nitrogen and oxygen atoms in total. The van der Waals surface area contributed by atoms with Crippen LogP contribution in [0.2, 0.25) is 0 Å². The van der Waals surface area contributed by atoms with Gasteiger partial charge >= 0.3 is 5.97 Å². The maximum Gasteiger partial charge on any atom is 0.308 e. The third-order valence-corrected chi connectivity index (χ3v) is 9.19. The topological polar surface area (TPSA) is 97.1 Å². The fraction of sp³-hybridized carbons (Fsp3) is 0.531. The Balaban J connectivity index is 1.35. The van der Waals surface area contributed by atoms with Crippen molar-refractivity contribution in [2.24, 2.45) is 11.8 Å². The molecule has 42 heavy (non-hydrogen) atoms. The SMILES string of the molecule is COC(=O)C1CCC(C(=O)N2CCN(C(=O)c3cn4nc(-c5ccc(Br)cc5)cc(C(C)(C)C)c4n3)C(C)(C)C2)CC1. The molecule has 1 aromatic carbocycles. The number of benzene rings is 1. The Kier molecular flexibility index (Phi) is 8.22. The molecule has 0 unspecified atom stereocenters. The van der Waals surface area contributed by atoms with Crippen molar-refractivity contribution < 1.29 is 19.1 Å². The van der Waals surface area contributed by atoms with Crippen LogP contribution in [0.4, 0.5) is 0 Å². The third-order valence-electron chi connectivity index (χ3n) is 8.66. The van der Waals surface area contributed by atoms with E-state index in [1.165, 1.54) is 7.11 Å². The molecule has 2 amide bonds. The Hall–Kier alpha value is -3.27. The van der Waals surface area contributed by atoms with Crippen molar-refractivity contribution >= 4 is 39.4 Å². The normalized spacial score (nSPS) is 20.9. The number of carbonyl (C=O) groups is 3. The predicted octanol–water partition coefficient (Wildman–Crippen LogP) is 5.50. The van der Waals surface area contributed by atoms with Crippen molar-refractivity contribution in [3.8, 4) is 11.3 Å². The van der Waals surface area contributed by atoms with E-state index >= 15 is 0 Å². The van der Waals surface area contributed by atoms with Gasteiger partial charge in [0.2, 0.25) is 5.91 Å². The molecule has 2 aliphatic rings. The summed E-state index contributed by atoms with van der Waals surface area (Å²) in [4.78, 5) is 47.8. The highest BCUT2D eigenvalue weighted by molar-refractivity contribution is 9.10. The van der Waals surface area contributed by atoms with Gasteiger partial charge in [0.15, 0.2) is 5.65 Å². The number of methoxy groups -OCH3 is 1. The summed E-state index contributed by atoms with van der Waals surface area (Å²) in [5.41, 5.74) is 3.01. The molecule has 10 heteroatoms. The van der Waals surface area contributed by atoms with E-state index < -0.39 is 5.54 Å². The summed E-state index contributed by atoms with van der Waals surface area (Å²) < 4.78 is 7.61. The lowest BCUT2D eigenvalue weighted by atomic mass is 9.81. The number of nitrogens with zero attached hydrogens (tertiary/aromatic N) is 5. The Labute approximate surface area is 255 Å². The van der Waals surface area contributed by atoms with Crippen LogP contribution in [0.1, 0.15) is 76.4 Å². The zero-order valence-corrected chi connectivity index (χ0v) is 26.9. The smallest absolute Gasteiger partial charge is 0.308 e. The van der Waals surface area contributed by atoms with Crippen molar-refractivity contribution in [3.63, 3.8) is 0 Å². The Morgan fingerprint density at radius 1 is 1.00 bits per heavy atom. The van der Waals surface area contributed by atoms with Gasteiger partial charge in [-0.2, -0.15) is 5.10 Å². The van der Waals surface area contributed by atoms with Gasteiger partial charge in [-0.05, 0) is 63.1 Å². The summed E-state index contributed by atoms with van der Waals surface area (Å²) in [6.45, 7) is 11.7. The summed E-state index contributed by atoms with van der Waals surface area (Å²) >= 11 is 3.50. The maximum atomic E-state index is 13.9. The second-order valence-corrected chi connectivity index (χ2v) is 14.1. The second kappa shape index (κ2) is 11.4. The van der Waals surface area contributed by atoms with Crippen molar-refractivity contribution in [2.45, 2.75) is 71.3 Å². The van der Waals surface area contributed by atoms with E-state index in [9.17, 15) is 14.4 Å². The molecule has 224 valence electrons. The third kappa shape index (κ3) is 5.96. The predicted molar refractivity (Wildman–Crippen MR) is 164 cm³/mol. The number of rotatable bonds is 4. The number of aromatic nitrogens is 3. The average molecular weight is 639 g/mol. The van der Waals surface area contributed by atoms with Crippen LogP contribution in [0.25, 0.3) is 16.9 Å². The van der Waals surface area contributed by atoms with Crippen molar-refractivity contribution in [2.75, 3.05) is 26.7 Å². The number of piperazine rings is 1. The molecule has 1 aliphatic heterocycles. The first-order valence-electron chi connectivity index (χ1n) is 14.6. The number of hydrogen-bond donors (Lipinski definition) is 0. The fourth-order valence-electron chi connectivity index (χ4n) is 6.25. The fourth-order valence-corrected chi connectivity index (χ4v) is 6.52. The lowest BCUT2D eigenvalue weighted by Gasteiger charge is -2.47. The van der Waals surface area contributed by atoms with E-state index in [1.54, 1.807) is 10.7 Å². The standard InChI is InChI=1S/C32H40BrN5O4/c1-31(2,3)24-17-25(20-11-13-23(33)14-12-20)35-38-18-26(34-27(24)38)29(40)37-16-15-36(19-32(37,4)5)28(39)21-7-9-22(10-8-21)30(41)42-6/h11-14,17-18,21-22H,7-10,15-16,19H2,1-6H3. The molecular formula is C32H40BrN5O4. The van der Waals surface area contributed by atoms with Gasteiger partial charge in [0.05, 0.1) is 30.5 Å². The quantitative estimate of drug-likeness (QED) is 0.351. The number of carbonyl (C=O) groups excluding carboxylic acids is 3. The summed E-state index contributed by atoms with van der Waals surface area (Å²) in [5.74, 6) is -0.443. The summed E-state index contributed by atoms with van der Waals surface area (Å²) in [5, 5.41) is 4.83. The summed E-state index contributed by atoms with van der Waals surface area (Å²) in [7, 11) is 1.41. The first-order valence-corrected chi connectivity index (χ1v) is 15.4. The van der Waals surface area contributed by atoms with E-state index in [-0.39, 0.29) is 35.0 Å². The highest BCUT2D eigenvalue weighted by Crippen LogP contribution is 2.34. The number of halogens is 1. The lowest BCUT2D eigenvalue weighted by Crippen LogP contribution is -2.62. The van der Waals surface area contributed by atoms with Gasteiger partial charge in [-0.3, -0.25) is 14.4 Å². The number of imidazole rings is 1. The van der Waals surface area contributed by atoms with E-state index in [0.29, 0.717) is 56.7 Å². The summed E-state index contributed by atoms with van der Waals surface area (Å²) in [6.07, 6.45) is 4.44. The Morgan fingerprint density at radius 2 is 1.64 bits per heavy atom. The van der Waals surface area contributed by atoms with Gasteiger partial charge in [0.1, 0.15) is 5.69 Å². The van der Waals surface area contributed by atoms with Crippen LogP contribution in [0.15, 0.2) is 41.0 Å². The van der Waals surface area contributed by atoms with Crippen LogP contribution >= 0.6 is 15.9 Å². The van der Waals surface area contributed by atoms with Crippen LogP contribution in [0.5, 0.6) is 0 Å². The Morgan fingerprint density at radius 3 is 2.24 bits per heavy atom. The van der Waals surface area contributed by atoms with Crippen LogP contribution in [-0.2, 0) is 19.7 Å². The van der Waals surface area contributed by atoms with E-state index in [0.717, 1.165) is 21.3 Å². The van der Waals surface area contributed by atoms with Gasteiger partial charge in [0.25, 0.3) is 5.91 Å². The van der Waals surface area contributed by atoms with Crippen LogP contribution in [0.3, 0.4) is 0 Å². The van der Waals surface area contributed by atoms with Crippen LogP contribution in [0, 0.1) is 11.8 Å². The maximum absolute atomic E-state index is 13.9. The number of fused-ring (bicyclic) bond motifs is 1. The first-order chi connectivity index (χ1) is 19.8. The van der Waals surface area contributed by atoms with E-state index in [1.807, 2.05) is 47.9 Å². The van der Waals surface area contributed by atoms with Crippen molar-refractivity contribution in [1.82, 2.24) is 24.4 Å². The molecule has 1 saturated carbocycles. The zero-order valence-electron chi connectivity index (χ0n) is 25.3. The van der Waals surface area contributed by atoms with Gasteiger partial charge in [-0.1, -0.05) is 48.8 Å². The molecule has 3 aromatic rings. The number of amides is 2. The molecule has 0 N–H and O–H groups in total. The highest BCUT2D eigenvalue weighted by Gasteiger charge is 2.42. The van der Waals surface area contributed by atoms with Crippen LogP contribution in [-0.4, -0.2) is 74.5 Å². The molecule has 0 radical (unpaired) electrons. The summed E-state index contributed by atoms with van der Waals surface area (Å²) in [6, 6.07) is 10.1. The molecule has 2 fully saturated rings. The molecule has 1 saturated heterocycles. The number of esters is 1. The number of ether oxygens (including phenoxy) is 1. The van der Waals surface area contributed by atoms with Crippen molar-refractivity contribution in [1.29, 1.82) is 0 Å². The second-order valence-electron chi connectivity index (χ2n) is 13.2. The first kappa shape index (κ1) is 30.2. The van der Waals surface area contributed by atoms with E-state index in [2.05, 4.69) is 42.8 Å². The van der Waals surface area contributed by atoms with E-state index in [4.69, 9.17) is 14.8 Å². The van der Waals surface area contributed by atoms with Crippen LogP contribution < -0.4 is 0 Å². The number of hydrogen-bond acceptors (Lipinski definition) is 6. The average Bonchev–Trinajstić information content (AvgIpc) is 3.39. The van der Waals surface area contributed by atoms with Gasteiger partial charge < -0.3 is 14.5 Å². The van der Waals surface area contributed by atoms with Gasteiger partial charge in [0, 0.05) is 41.2 Å². The minimum absolute atomic E-state index is 0.0933. The molecule has 2 aromatic heterocycles. The zero-order chi connectivity index (χ0) is 30.4. The minimum atomic E-state index is -0.577. The van der Waals surface area contributed by atoms with Crippen molar-refractivity contribution in [3.05, 3.63) is 52.3 Å². The lowest BCUT2D eigenvalue weighted by molar-refractivity contribution is -0.149. The van der Waals surface area contributed by atoms with Gasteiger partial charge in [-0.25, -0.2) is 9.50 Å². The monoisotopic (exact) mass is 637 g/mol.